The summed E-state index contributed by atoms with van der Waals surface area (Å²) in [4.78, 5) is 22.1. The maximum absolute atomic E-state index is 11.6. The van der Waals surface area contributed by atoms with Gasteiger partial charge in [0.05, 0.1) is 11.4 Å². The van der Waals surface area contributed by atoms with Gasteiger partial charge in [-0.05, 0) is 0 Å². The molecule has 0 unspecified atom stereocenters. The van der Waals surface area contributed by atoms with Crippen LogP contribution in [-0.2, 0) is 17.8 Å². The predicted molar refractivity (Wildman–Crippen MR) is 80.3 cm³/mol. The molecule has 0 fully saturated rings. The second kappa shape index (κ2) is 5.88. The van der Waals surface area contributed by atoms with Gasteiger partial charge in [0.1, 0.15) is 0 Å². The summed E-state index contributed by atoms with van der Waals surface area (Å²) in [5.41, 5.74) is 9.61. The lowest BCUT2D eigenvalue weighted by Crippen LogP contribution is -2.35. The quantitative estimate of drug-likeness (QED) is 0.837. The van der Waals surface area contributed by atoms with Crippen LogP contribution in [0.4, 0.5) is 5.95 Å². The predicted octanol–water partition coefficient (Wildman–Crippen LogP) is 0.806. The number of anilines is 1. The third kappa shape index (κ3) is 2.85. The zero-order valence-electron chi connectivity index (χ0n) is 11.8. The minimum Gasteiger partial charge on any atom is -0.412 e. The van der Waals surface area contributed by atoms with Crippen LogP contribution in [0, 0.1) is 0 Å². The monoisotopic (exact) mass is 286 g/mol. The molecule has 0 saturated carbocycles. The van der Waals surface area contributed by atoms with Gasteiger partial charge in [0.15, 0.2) is 0 Å². The molecule has 1 aromatic carbocycles. The number of benzene rings is 1. The third-order valence-corrected chi connectivity index (χ3v) is 3.57. The largest absolute Gasteiger partial charge is 0.412 e. The molecular formula is C15H18N4O2. The van der Waals surface area contributed by atoms with Crippen molar-refractivity contribution in [2.75, 3.05) is 12.3 Å². The molecule has 6 heteroatoms. The summed E-state index contributed by atoms with van der Waals surface area (Å²) in [6.07, 6.45) is 0.724. The summed E-state index contributed by atoms with van der Waals surface area (Å²) < 4.78 is 0. The molecule has 0 radical (unpaired) electrons. The van der Waals surface area contributed by atoms with Gasteiger partial charge in [-0.1, -0.05) is 30.3 Å². The van der Waals surface area contributed by atoms with E-state index in [9.17, 15) is 4.79 Å². The Hall–Kier alpha value is -2.47. The fraction of sp³-hybridized carbons (Fsp3) is 0.267. The maximum atomic E-state index is 11.6. The van der Waals surface area contributed by atoms with Gasteiger partial charge in [-0.2, -0.15) is 0 Å². The minimum atomic E-state index is 0. The molecule has 21 heavy (non-hydrogen) atoms. The topological polar surface area (TPSA) is 104 Å². The van der Waals surface area contributed by atoms with E-state index in [1.807, 2.05) is 35.2 Å². The molecule has 2 heterocycles. The van der Waals surface area contributed by atoms with Gasteiger partial charge < -0.3 is 16.1 Å². The van der Waals surface area contributed by atoms with Crippen LogP contribution in [0.2, 0.25) is 0 Å². The average Bonchev–Trinajstić information content (AvgIpc) is 2.46. The Balaban J connectivity index is 0.00000161. The van der Waals surface area contributed by atoms with Crippen LogP contribution in [0.5, 0.6) is 0 Å². The highest BCUT2D eigenvalue weighted by Crippen LogP contribution is 2.28. The standard InChI is InChI=1S/C15H16N4O.H2O/c1-10(20)19-8-7-13-12(9-19)14(18-15(16)17-13)11-5-3-2-4-6-11;/h2-6H,7-9H2,1H3,(H2,16,17,18);1H2. The Bertz CT molecular complexity index is 658. The molecule has 110 valence electrons. The van der Waals surface area contributed by atoms with Gasteiger partial charge in [0.2, 0.25) is 11.9 Å². The number of nitrogen functional groups attached to an aromatic ring is 1. The molecule has 1 aliphatic heterocycles. The van der Waals surface area contributed by atoms with E-state index in [2.05, 4.69) is 9.97 Å². The van der Waals surface area contributed by atoms with Crippen molar-refractivity contribution in [2.45, 2.75) is 19.9 Å². The van der Waals surface area contributed by atoms with Crippen molar-refractivity contribution >= 4 is 11.9 Å². The molecule has 0 aliphatic carbocycles. The Morgan fingerprint density at radius 2 is 1.95 bits per heavy atom. The molecule has 4 N–H and O–H groups in total. The number of rotatable bonds is 1. The van der Waals surface area contributed by atoms with Crippen molar-refractivity contribution in [1.29, 1.82) is 0 Å². The first-order valence-corrected chi connectivity index (χ1v) is 6.61. The summed E-state index contributed by atoms with van der Waals surface area (Å²) in [7, 11) is 0. The lowest BCUT2D eigenvalue weighted by atomic mass is 9.99. The van der Waals surface area contributed by atoms with Gasteiger partial charge in [0.25, 0.3) is 0 Å². The number of hydrogen-bond acceptors (Lipinski definition) is 4. The number of carbonyl (C=O) groups is 1. The van der Waals surface area contributed by atoms with Crippen LogP contribution in [0.3, 0.4) is 0 Å². The fourth-order valence-corrected chi connectivity index (χ4v) is 2.54. The lowest BCUT2D eigenvalue weighted by Gasteiger charge is -2.28. The Kier molecular flexibility index (Phi) is 4.18. The molecule has 3 rings (SSSR count). The molecule has 1 aliphatic rings. The molecule has 0 saturated heterocycles. The maximum Gasteiger partial charge on any atom is 0.220 e. The second-order valence-corrected chi connectivity index (χ2v) is 4.91. The smallest absolute Gasteiger partial charge is 0.220 e. The van der Waals surface area contributed by atoms with E-state index in [1.165, 1.54) is 0 Å². The first kappa shape index (κ1) is 14.9. The fourth-order valence-electron chi connectivity index (χ4n) is 2.54. The van der Waals surface area contributed by atoms with Gasteiger partial charge >= 0.3 is 0 Å². The summed E-state index contributed by atoms with van der Waals surface area (Å²) in [5.74, 6) is 0.366. The number of hydrogen-bond donors (Lipinski definition) is 1. The van der Waals surface area contributed by atoms with E-state index in [1.54, 1.807) is 6.92 Å². The zero-order valence-corrected chi connectivity index (χ0v) is 11.8. The van der Waals surface area contributed by atoms with Crippen LogP contribution in [0.1, 0.15) is 18.2 Å². The number of nitrogens with two attached hydrogens (primary N) is 1. The van der Waals surface area contributed by atoms with E-state index < -0.39 is 0 Å². The molecule has 1 amide bonds. The Morgan fingerprint density at radius 1 is 1.24 bits per heavy atom. The van der Waals surface area contributed by atoms with E-state index in [-0.39, 0.29) is 11.4 Å². The van der Waals surface area contributed by atoms with E-state index >= 15 is 0 Å². The van der Waals surface area contributed by atoms with Crippen molar-refractivity contribution < 1.29 is 10.3 Å². The van der Waals surface area contributed by atoms with Crippen LogP contribution >= 0.6 is 0 Å². The zero-order chi connectivity index (χ0) is 14.1. The summed E-state index contributed by atoms with van der Waals surface area (Å²) in [5, 5.41) is 0. The number of nitrogens with zero attached hydrogens (tertiary/aromatic N) is 3. The first-order chi connectivity index (χ1) is 9.65. The highest BCUT2D eigenvalue weighted by atomic mass is 16.2. The normalized spacial score (nSPS) is 13.3. The summed E-state index contributed by atoms with van der Waals surface area (Å²) >= 11 is 0. The molecule has 1 aromatic heterocycles. The van der Waals surface area contributed by atoms with Crippen molar-refractivity contribution in [2.24, 2.45) is 0 Å². The Labute approximate surface area is 122 Å². The molecule has 0 atom stereocenters. The highest BCUT2D eigenvalue weighted by molar-refractivity contribution is 5.74. The van der Waals surface area contributed by atoms with Crippen molar-refractivity contribution in [1.82, 2.24) is 14.9 Å². The van der Waals surface area contributed by atoms with Gasteiger partial charge in [-0.3, -0.25) is 4.79 Å². The molecule has 0 bridgehead atoms. The van der Waals surface area contributed by atoms with Crippen molar-refractivity contribution in [3.05, 3.63) is 41.6 Å². The highest BCUT2D eigenvalue weighted by Gasteiger charge is 2.23. The summed E-state index contributed by atoms with van der Waals surface area (Å²) in [6, 6.07) is 9.88. The second-order valence-electron chi connectivity index (χ2n) is 4.91. The Morgan fingerprint density at radius 3 is 2.62 bits per heavy atom. The SMILES string of the molecule is CC(=O)N1CCc2nc(N)nc(-c3ccccc3)c2C1.O. The van der Waals surface area contributed by atoms with E-state index in [0.717, 1.165) is 28.9 Å². The first-order valence-electron chi connectivity index (χ1n) is 6.61. The number of amides is 1. The number of carbonyl (C=O) groups excluding carboxylic acids is 1. The van der Waals surface area contributed by atoms with E-state index in [4.69, 9.17) is 5.73 Å². The van der Waals surface area contributed by atoms with Crippen LogP contribution in [0.25, 0.3) is 11.3 Å². The van der Waals surface area contributed by atoms with Gasteiger partial charge in [-0.15, -0.1) is 0 Å². The summed E-state index contributed by atoms with van der Waals surface area (Å²) in [6.45, 7) is 2.83. The van der Waals surface area contributed by atoms with Crippen molar-refractivity contribution in [3.63, 3.8) is 0 Å². The third-order valence-electron chi connectivity index (χ3n) is 3.57. The van der Waals surface area contributed by atoms with Crippen molar-refractivity contribution in [3.8, 4) is 11.3 Å². The molecule has 2 aromatic rings. The van der Waals surface area contributed by atoms with Crippen LogP contribution in [0.15, 0.2) is 30.3 Å². The van der Waals surface area contributed by atoms with E-state index in [0.29, 0.717) is 19.0 Å². The van der Waals surface area contributed by atoms with Gasteiger partial charge in [0, 0.05) is 37.6 Å². The average molecular weight is 286 g/mol. The number of fused-ring (bicyclic) bond motifs is 1. The minimum absolute atomic E-state index is 0. The molecule has 0 spiro atoms. The molecular weight excluding hydrogens is 268 g/mol. The number of aromatic nitrogens is 2. The van der Waals surface area contributed by atoms with Crippen LogP contribution < -0.4 is 5.73 Å². The lowest BCUT2D eigenvalue weighted by molar-refractivity contribution is -0.129. The molecule has 6 nitrogen and oxygen atoms in total. The van der Waals surface area contributed by atoms with Gasteiger partial charge in [-0.25, -0.2) is 9.97 Å². The van der Waals surface area contributed by atoms with Crippen LogP contribution in [-0.4, -0.2) is 32.8 Å².